The third-order valence-corrected chi connectivity index (χ3v) is 2.27. The van der Waals surface area contributed by atoms with Crippen LogP contribution in [0.1, 0.15) is 18.7 Å². The van der Waals surface area contributed by atoms with Crippen molar-refractivity contribution in [3.8, 4) is 0 Å². The summed E-state index contributed by atoms with van der Waals surface area (Å²) < 4.78 is 1.74. The first kappa shape index (κ1) is 8.53. The fourth-order valence-corrected chi connectivity index (χ4v) is 1.59. The van der Waals surface area contributed by atoms with E-state index in [1.165, 1.54) is 0 Å². The van der Waals surface area contributed by atoms with E-state index in [4.69, 9.17) is 11.6 Å². The SMILES string of the molecule is CC(O)c1nc2ccccn2c1Cl. The van der Waals surface area contributed by atoms with Crippen LogP contribution in [0.2, 0.25) is 5.15 Å². The second-order valence-electron chi connectivity index (χ2n) is 2.89. The molecule has 2 rings (SSSR count). The summed E-state index contributed by atoms with van der Waals surface area (Å²) in [6.07, 6.45) is 1.18. The number of aliphatic hydroxyl groups excluding tert-OH is 1. The molecular formula is C9H9ClN2O. The molecule has 0 aliphatic rings. The molecule has 0 aliphatic heterocycles. The highest BCUT2D eigenvalue weighted by Gasteiger charge is 2.13. The van der Waals surface area contributed by atoms with Crippen LogP contribution in [0, 0.1) is 0 Å². The molecule has 13 heavy (non-hydrogen) atoms. The van der Waals surface area contributed by atoms with Gasteiger partial charge in [-0.1, -0.05) is 17.7 Å². The zero-order valence-electron chi connectivity index (χ0n) is 7.11. The van der Waals surface area contributed by atoms with E-state index in [-0.39, 0.29) is 0 Å². The molecule has 0 aromatic carbocycles. The van der Waals surface area contributed by atoms with Crippen LogP contribution in [0.3, 0.4) is 0 Å². The van der Waals surface area contributed by atoms with Gasteiger partial charge in [0.25, 0.3) is 0 Å². The van der Waals surface area contributed by atoms with E-state index in [1.54, 1.807) is 11.3 Å². The average Bonchev–Trinajstić information content (AvgIpc) is 2.45. The zero-order valence-corrected chi connectivity index (χ0v) is 7.86. The minimum absolute atomic E-state index is 0.477. The molecule has 2 heterocycles. The van der Waals surface area contributed by atoms with Crippen LogP contribution in [0.5, 0.6) is 0 Å². The van der Waals surface area contributed by atoms with Gasteiger partial charge in [-0.15, -0.1) is 0 Å². The quantitative estimate of drug-likeness (QED) is 0.758. The van der Waals surface area contributed by atoms with Crippen LogP contribution in [0.15, 0.2) is 24.4 Å². The van der Waals surface area contributed by atoms with Gasteiger partial charge >= 0.3 is 0 Å². The molecule has 1 N–H and O–H groups in total. The number of hydrogen-bond donors (Lipinski definition) is 1. The first-order valence-corrected chi connectivity index (χ1v) is 4.38. The molecule has 3 nitrogen and oxygen atoms in total. The standard InChI is InChI=1S/C9H9ClN2O/c1-6(13)8-9(10)12-5-3-2-4-7(12)11-8/h2-6,13H,1H3. The van der Waals surface area contributed by atoms with Crippen molar-refractivity contribution < 1.29 is 5.11 Å². The van der Waals surface area contributed by atoms with Crippen molar-refractivity contribution in [2.45, 2.75) is 13.0 Å². The Labute approximate surface area is 80.6 Å². The molecule has 4 heteroatoms. The largest absolute Gasteiger partial charge is 0.387 e. The number of halogens is 1. The molecule has 2 aromatic heterocycles. The molecule has 2 aromatic rings. The van der Waals surface area contributed by atoms with Gasteiger partial charge in [-0.05, 0) is 19.1 Å². The third kappa shape index (κ3) is 1.30. The summed E-state index contributed by atoms with van der Waals surface area (Å²) in [6, 6.07) is 5.59. The van der Waals surface area contributed by atoms with Crippen LogP contribution in [-0.2, 0) is 0 Å². The summed E-state index contributed by atoms with van der Waals surface area (Å²) in [5.41, 5.74) is 1.27. The normalized spacial score (nSPS) is 13.5. The Bertz CT molecular complexity index is 436. The second-order valence-corrected chi connectivity index (χ2v) is 3.25. The van der Waals surface area contributed by atoms with Crippen LogP contribution in [0.25, 0.3) is 5.65 Å². The molecular weight excluding hydrogens is 188 g/mol. The molecule has 0 amide bonds. The fourth-order valence-electron chi connectivity index (χ4n) is 1.25. The smallest absolute Gasteiger partial charge is 0.139 e. The van der Waals surface area contributed by atoms with Crippen molar-refractivity contribution in [3.63, 3.8) is 0 Å². The topological polar surface area (TPSA) is 37.5 Å². The van der Waals surface area contributed by atoms with Crippen LogP contribution < -0.4 is 0 Å². The van der Waals surface area contributed by atoms with Crippen molar-refractivity contribution in [2.75, 3.05) is 0 Å². The van der Waals surface area contributed by atoms with Crippen molar-refractivity contribution in [1.82, 2.24) is 9.38 Å². The first-order valence-electron chi connectivity index (χ1n) is 4.00. The van der Waals surface area contributed by atoms with Gasteiger partial charge in [0.1, 0.15) is 16.5 Å². The number of aromatic nitrogens is 2. The molecule has 0 saturated carbocycles. The number of rotatable bonds is 1. The van der Waals surface area contributed by atoms with E-state index >= 15 is 0 Å². The van der Waals surface area contributed by atoms with Crippen LogP contribution in [-0.4, -0.2) is 14.5 Å². The van der Waals surface area contributed by atoms with Gasteiger partial charge in [0.2, 0.25) is 0 Å². The Hall–Kier alpha value is -1.06. The number of pyridine rings is 1. The van der Waals surface area contributed by atoms with Crippen LogP contribution in [0.4, 0.5) is 0 Å². The molecule has 0 spiro atoms. The Morgan fingerprint density at radius 1 is 1.54 bits per heavy atom. The first-order chi connectivity index (χ1) is 6.20. The summed E-state index contributed by atoms with van der Waals surface area (Å²) in [5, 5.41) is 9.82. The highest BCUT2D eigenvalue weighted by molar-refractivity contribution is 6.30. The highest BCUT2D eigenvalue weighted by atomic mass is 35.5. The lowest BCUT2D eigenvalue weighted by Gasteiger charge is -1.98. The lowest BCUT2D eigenvalue weighted by molar-refractivity contribution is 0.195. The molecule has 0 radical (unpaired) electrons. The highest BCUT2D eigenvalue weighted by Crippen LogP contribution is 2.23. The summed E-state index contributed by atoms with van der Waals surface area (Å²) >= 11 is 5.99. The van der Waals surface area contributed by atoms with E-state index in [2.05, 4.69) is 4.98 Å². The van der Waals surface area contributed by atoms with Gasteiger partial charge in [0, 0.05) is 6.20 Å². The van der Waals surface area contributed by atoms with Crippen molar-refractivity contribution in [3.05, 3.63) is 35.2 Å². The van der Waals surface area contributed by atoms with Crippen molar-refractivity contribution in [2.24, 2.45) is 0 Å². The Balaban J connectivity index is 2.74. The maximum atomic E-state index is 9.35. The molecule has 0 saturated heterocycles. The van der Waals surface area contributed by atoms with E-state index in [1.807, 2.05) is 24.4 Å². The lowest BCUT2D eigenvalue weighted by Crippen LogP contribution is -1.91. The summed E-state index contributed by atoms with van der Waals surface area (Å²) in [6.45, 7) is 1.65. The number of nitrogens with zero attached hydrogens (tertiary/aromatic N) is 2. The zero-order chi connectivity index (χ0) is 9.42. The van der Waals surface area contributed by atoms with Gasteiger partial charge < -0.3 is 5.11 Å². The Kier molecular flexibility index (Phi) is 1.98. The summed E-state index contributed by atoms with van der Waals surface area (Å²) in [7, 11) is 0. The van der Waals surface area contributed by atoms with E-state index in [0.29, 0.717) is 10.8 Å². The van der Waals surface area contributed by atoms with E-state index in [0.717, 1.165) is 5.65 Å². The van der Waals surface area contributed by atoms with Crippen molar-refractivity contribution in [1.29, 1.82) is 0 Å². The molecule has 1 unspecified atom stereocenters. The monoisotopic (exact) mass is 196 g/mol. The summed E-state index contributed by atoms with van der Waals surface area (Å²) in [4.78, 5) is 4.19. The predicted molar refractivity (Wildman–Crippen MR) is 50.8 cm³/mol. The van der Waals surface area contributed by atoms with Gasteiger partial charge in [0.05, 0.1) is 6.10 Å². The number of fused-ring (bicyclic) bond motifs is 1. The Morgan fingerprint density at radius 2 is 2.31 bits per heavy atom. The number of aliphatic hydroxyl groups is 1. The van der Waals surface area contributed by atoms with E-state index < -0.39 is 6.10 Å². The van der Waals surface area contributed by atoms with Gasteiger partial charge in [-0.3, -0.25) is 4.40 Å². The Morgan fingerprint density at radius 3 is 2.92 bits per heavy atom. The fraction of sp³-hybridized carbons (Fsp3) is 0.222. The lowest BCUT2D eigenvalue weighted by atomic mass is 10.3. The second kappa shape index (κ2) is 3.01. The predicted octanol–water partition coefficient (Wildman–Crippen LogP) is 2.04. The maximum absolute atomic E-state index is 9.35. The van der Waals surface area contributed by atoms with Gasteiger partial charge in [-0.2, -0.15) is 0 Å². The van der Waals surface area contributed by atoms with Gasteiger partial charge in [-0.25, -0.2) is 4.98 Å². The molecule has 1 atom stereocenters. The molecule has 0 aliphatic carbocycles. The third-order valence-electron chi connectivity index (χ3n) is 1.89. The average molecular weight is 197 g/mol. The van der Waals surface area contributed by atoms with Gasteiger partial charge in [0.15, 0.2) is 0 Å². The number of imidazole rings is 1. The van der Waals surface area contributed by atoms with Crippen LogP contribution >= 0.6 is 11.6 Å². The minimum Gasteiger partial charge on any atom is -0.387 e. The maximum Gasteiger partial charge on any atom is 0.139 e. The van der Waals surface area contributed by atoms with E-state index in [9.17, 15) is 5.11 Å². The molecule has 68 valence electrons. The van der Waals surface area contributed by atoms with Crippen molar-refractivity contribution >= 4 is 17.2 Å². The minimum atomic E-state index is -0.632. The molecule has 0 bridgehead atoms. The molecule has 0 fully saturated rings. The number of hydrogen-bond acceptors (Lipinski definition) is 2. The summed E-state index contributed by atoms with van der Waals surface area (Å²) in [5.74, 6) is 0.